The molecule has 1 aromatic heterocycles. The van der Waals surface area contributed by atoms with Gasteiger partial charge in [-0.1, -0.05) is 19.3 Å². The zero-order chi connectivity index (χ0) is 17.7. The normalized spacial score (nSPS) is 21.0. The molecule has 2 amide bonds. The maximum Gasteiger partial charge on any atom is 0.317 e. The van der Waals surface area contributed by atoms with Gasteiger partial charge in [0.15, 0.2) is 0 Å². The molecule has 6 nitrogen and oxygen atoms in total. The maximum atomic E-state index is 12.6. The van der Waals surface area contributed by atoms with E-state index in [9.17, 15) is 4.79 Å². The number of carbonyl (C=O) groups excluding carboxylic acids is 1. The molecule has 2 heterocycles. The minimum absolute atomic E-state index is 0.0349. The second-order valence-electron chi connectivity index (χ2n) is 7.41. The van der Waals surface area contributed by atoms with Crippen molar-refractivity contribution in [3.63, 3.8) is 0 Å². The third-order valence-electron chi connectivity index (χ3n) is 5.57. The Labute approximate surface area is 150 Å². The van der Waals surface area contributed by atoms with Gasteiger partial charge in [-0.25, -0.2) is 4.79 Å². The Morgan fingerprint density at radius 2 is 1.96 bits per heavy atom. The summed E-state index contributed by atoms with van der Waals surface area (Å²) in [6.07, 6.45) is 6.12. The van der Waals surface area contributed by atoms with Crippen LogP contribution in [0.1, 0.15) is 43.6 Å². The van der Waals surface area contributed by atoms with Gasteiger partial charge in [0.25, 0.3) is 0 Å². The zero-order valence-electron chi connectivity index (χ0n) is 15.6. The molecule has 0 atom stereocenters. The van der Waals surface area contributed by atoms with E-state index in [1.165, 1.54) is 19.3 Å². The van der Waals surface area contributed by atoms with Crippen LogP contribution < -0.4 is 5.32 Å². The van der Waals surface area contributed by atoms with Gasteiger partial charge >= 0.3 is 6.03 Å². The Morgan fingerprint density at radius 1 is 1.24 bits per heavy atom. The van der Waals surface area contributed by atoms with Crippen molar-refractivity contribution < 1.29 is 13.9 Å². The van der Waals surface area contributed by atoms with Crippen LogP contribution in [0.25, 0.3) is 0 Å². The van der Waals surface area contributed by atoms with Crippen LogP contribution in [0.3, 0.4) is 0 Å². The molecule has 1 aliphatic carbocycles. The number of morpholine rings is 1. The third kappa shape index (κ3) is 4.55. The van der Waals surface area contributed by atoms with E-state index in [4.69, 9.17) is 9.15 Å². The van der Waals surface area contributed by atoms with E-state index in [2.05, 4.69) is 10.2 Å². The quantitative estimate of drug-likeness (QED) is 0.888. The van der Waals surface area contributed by atoms with Crippen molar-refractivity contribution in [1.82, 2.24) is 15.1 Å². The molecule has 0 spiro atoms. The van der Waals surface area contributed by atoms with Gasteiger partial charge in [-0.15, -0.1) is 0 Å². The molecule has 140 valence electrons. The molecule has 1 N–H and O–H groups in total. The lowest BCUT2D eigenvalue weighted by Crippen LogP contribution is -2.60. The number of nitrogens with zero attached hydrogens (tertiary/aromatic N) is 2. The minimum atomic E-state index is -0.0349. The van der Waals surface area contributed by atoms with Crippen LogP contribution in [-0.4, -0.2) is 61.3 Å². The van der Waals surface area contributed by atoms with Gasteiger partial charge in [0.05, 0.1) is 19.8 Å². The highest BCUT2D eigenvalue weighted by molar-refractivity contribution is 5.73. The second kappa shape index (κ2) is 8.23. The largest absolute Gasteiger partial charge is 0.464 e. The number of hydrogen-bond acceptors (Lipinski definition) is 4. The van der Waals surface area contributed by atoms with Crippen LogP contribution >= 0.6 is 0 Å². The summed E-state index contributed by atoms with van der Waals surface area (Å²) in [6, 6.07) is 3.82. The Morgan fingerprint density at radius 3 is 2.60 bits per heavy atom. The molecule has 25 heavy (non-hydrogen) atoms. The van der Waals surface area contributed by atoms with Crippen LogP contribution in [0.4, 0.5) is 4.79 Å². The Kier molecular flexibility index (Phi) is 6.02. The summed E-state index contributed by atoms with van der Waals surface area (Å²) in [7, 11) is 1.81. The summed E-state index contributed by atoms with van der Waals surface area (Å²) in [5.41, 5.74) is 0.0970. The molecule has 1 saturated heterocycles. The fourth-order valence-electron chi connectivity index (χ4n) is 4.10. The van der Waals surface area contributed by atoms with E-state index >= 15 is 0 Å². The number of rotatable bonds is 5. The average Bonchev–Trinajstić information content (AvgIpc) is 3.06. The number of nitrogens with one attached hydrogen (secondary N) is 1. The summed E-state index contributed by atoms with van der Waals surface area (Å²) < 4.78 is 11.1. The van der Waals surface area contributed by atoms with Crippen LogP contribution in [-0.2, 0) is 11.3 Å². The standard InChI is InChI=1S/C19H31N3O3/c1-16-6-7-17(25-16)14-21(2)18(23)20-15-19(8-4-3-5-9-19)22-10-12-24-13-11-22/h6-7H,3-5,8-15H2,1-2H3,(H,20,23). The number of urea groups is 1. The van der Waals surface area contributed by atoms with E-state index in [0.29, 0.717) is 13.1 Å². The predicted molar refractivity (Wildman–Crippen MR) is 96.5 cm³/mol. The van der Waals surface area contributed by atoms with Gasteiger partial charge in [0.1, 0.15) is 11.5 Å². The van der Waals surface area contributed by atoms with Gasteiger partial charge in [0, 0.05) is 32.2 Å². The predicted octanol–water partition coefficient (Wildman–Crippen LogP) is 2.76. The molecular formula is C19H31N3O3. The van der Waals surface area contributed by atoms with E-state index in [1.807, 2.05) is 26.1 Å². The number of hydrogen-bond donors (Lipinski definition) is 1. The van der Waals surface area contributed by atoms with E-state index in [1.54, 1.807) is 4.90 Å². The fraction of sp³-hybridized carbons (Fsp3) is 0.737. The van der Waals surface area contributed by atoms with Crippen molar-refractivity contribution >= 4 is 6.03 Å². The average molecular weight is 349 g/mol. The van der Waals surface area contributed by atoms with Gasteiger partial charge < -0.3 is 19.4 Å². The van der Waals surface area contributed by atoms with Crippen LogP contribution in [0.15, 0.2) is 16.5 Å². The van der Waals surface area contributed by atoms with Crippen molar-refractivity contribution in [2.24, 2.45) is 0 Å². The highest BCUT2D eigenvalue weighted by atomic mass is 16.5. The van der Waals surface area contributed by atoms with Crippen molar-refractivity contribution in [2.45, 2.75) is 51.1 Å². The first-order valence-electron chi connectivity index (χ1n) is 9.46. The molecule has 2 fully saturated rings. The number of ether oxygens (including phenoxy) is 1. The monoisotopic (exact) mass is 349 g/mol. The number of carbonyl (C=O) groups is 1. The van der Waals surface area contributed by atoms with E-state index in [0.717, 1.165) is 50.7 Å². The molecule has 0 aromatic carbocycles. The Balaban J connectivity index is 1.57. The minimum Gasteiger partial charge on any atom is -0.464 e. The van der Waals surface area contributed by atoms with Crippen molar-refractivity contribution in [3.05, 3.63) is 23.7 Å². The molecule has 1 saturated carbocycles. The van der Waals surface area contributed by atoms with Gasteiger partial charge in [0.2, 0.25) is 0 Å². The Hall–Kier alpha value is -1.53. The smallest absolute Gasteiger partial charge is 0.317 e. The summed E-state index contributed by atoms with van der Waals surface area (Å²) >= 11 is 0. The molecule has 0 radical (unpaired) electrons. The molecule has 3 rings (SSSR count). The first-order chi connectivity index (χ1) is 12.1. The van der Waals surface area contributed by atoms with Crippen molar-refractivity contribution in [3.8, 4) is 0 Å². The zero-order valence-corrected chi connectivity index (χ0v) is 15.6. The van der Waals surface area contributed by atoms with Crippen LogP contribution in [0.2, 0.25) is 0 Å². The Bertz CT molecular complexity index is 560. The van der Waals surface area contributed by atoms with Crippen LogP contribution in [0, 0.1) is 6.92 Å². The first-order valence-corrected chi connectivity index (χ1v) is 9.46. The third-order valence-corrected chi connectivity index (χ3v) is 5.57. The molecule has 6 heteroatoms. The lowest BCUT2D eigenvalue weighted by molar-refractivity contribution is -0.0360. The first kappa shape index (κ1) is 18.3. The van der Waals surface area contributed by atoms with Crippen molar-refractivity contribution in [1.29, 1.82) is 0 Å². The highest BCUT2D eigenvalue weighted by Crippen LogP contribution is 2.33. The lowest BCUT2D eigenvalue weighted by Gasteiger charge is -2.48. The SMILES string of the molecule is Cc1ccc(CN(C)C(=O)NCC2(N3CCOCC3)CCCCC2)o1. The van der Waals surface area contributed by atoms with Gasteiger partial charge in [-0.3, -0.25) is 4.90 Å². The summed E-state index contributed by atoms with van der Waals surface area (Å²) in [5, 5.41) is 3.18. The van der Waals surface area contributed by atoms with E-state index < -0.39 is 0 Å². The lowest BCUT2D eigenvalue weighted by atomic mass is 9.80. The van der Waals surface area contributed by atoms with E-state index in [-0.39, 0.29) is 11.6 Å². The molecular weight excluding hydrogens is 318 g/mol. The van der Waals surface area contributed by atoms with Crippen LogP contribution in [0.5, 0.6) is 0 Å². The highest BCUT2D eigenvalue weighted by Gasteiger charge is 2.39. The molecule has 2 aliphatic rings. The molecule has 0 unspecified atom stereocenters. The van der Waals surface area contributed by atoms with Gasteiger partial charge in [-0.2, -0.15) is 0 Å². The second-order valence-corrected chi connectivity index (χ2v) is 7.41. The molecule has 1 aromatic rings. The summed E-state index contributed by atoms with van der Waals surface area (Å²) in [6.45, 7) is 6.66. The fourth-order valence-corrected chi connectivity index (χ4v) is 4.10. The molecule has 1 aliphatic heterocycles. The van der Waals surface area contributed by atoms with Gasteiger partial charge in [-0.05, 0) is 31.9 Å². The summed E-state index contributed by atoms with van der Waals surface area (Å²) in [4.78, 5) is 16.8. The van der Waals surface area contributed by atoms with Crippen molar-refractivity contribution in [2.75, 3.05) is 39.9 Å². The molecule has 0 bridgehead atoms. The summed E-state index contributed by atoms with van der Waals surface area (Å²) in [5.74, 6) is 1.69. The number of aryl methyl sites for hydroxylation is 1. The topological polar surface area (TPSA) is 58.0 Å². The number of furan rings is 1. The maximum absolute atomic E-state index is 12.6. The number of amides is 2.